The predicted octanol–water partition coefficient (Wildman–Crippen LogP) is 4.76. The van der Waals surface area contributed by atoms with Gasteiger partial charge in [0.1, 0.15) is 11.5 Å². The van der Waals surface area contributed by atoms with E-state index < -0.39 is 0 Å². The Labute approximate surface area is 139 Å². The van der Waals surface area contributed by atoms with Crippen molar-refractivity contribution in [2.45, 2.75) is 58.3 Å². The molecule has 23 heavy (non-hydrogen) atoms. The number of hydrogen-bond acceptors (Lipinski definition) is 2. The SMILES string of the molecule is COc1ccc2c(c1)CCC1C2CCC2(C)C(C(C)=O)CCC12. The van der Waals surface area contributed by atoms with Gasteiger partial charge in [-0.15, -0.1) is 0 Å². The van der Waals surface area contributed by atoms with Crippen LogP contribution in [0.2, 0.25) is 0 Å². The van der Waals surface area contributed by atoms with Gasteiger partial charge in [-0.25, -0.2) is 0 Å². The Morgan fingerprint density at radius 3 is 2.78 bits per heavy atom. The second-order valence-corrected chi connectivity index (χ2v) is 8.27. The summed E-state index contributed by atoms with van der Waals surface area (Å²) in [5, 5.41) is 0. The van der Waals surface area contributed by atoms with Gasteiger partial charge in [0.05, 0.1) is 7.11 Å². The Bertz CT molecular complexity index is 635. The minimum atomic E-state index is 0.261. The van der Waals surface area contributed by atoms with Gasteiger partial charge >= 0.3 is 0 Å². The molecule has 4 rings (SSSR count). The molecule has 3 aliphatic carbocycles. The molecule has 5 unspecified atom stereocenters. The summed E-state index contributed by atoms with van der Waals surface area (Å²) in [6.45, 7) is 4.23. The second kappa shape index (κ2) is 5.36. The fourth-order valence-corrected chi connectivity index (χ4v) is 6.35. The molecule has 0 bridgehead atoms. The van der Waals surface area contributed by atoms with E-state index in [9.17, 15) is 4.79 Å². The number of ether oxygens (including phenoxy) is 1. The lowest BCUT2D eigenvalue weighted by molar-refractivity contribution is -0.125. The molecule has 5 atom stereocenters. The van der Waals surface area contributed by atoms with Crippen molar-refractivity contribution in [1.82, 2.24) is 0 Å². The summed E-state index contributed by atoms with van der Waals surface area (Å²) in [5.74, 6) is 3.94. The summed E-state index contributed by atoms with van der Waals surface area (Å²) in [4.78, 5) is 12.1. The molecule has 0 amide bonds. The van der Waals surface area contributed by atoms with Crippen molar-refractivity contribution in [2.75, 3.05) is 7.11 Å². The summed E-state index contributed by atoms with van der Waals surface area (Å²) in [6.07, 6.45) is 7.30. The zero-order chi connectivity index (χ0) is 16.2. The van der Waals surface area contributed by atoms with E-state index in [0.29, 0.717) is 17.6 Å². The van der Waals surface area contributed by atoms with Crippen LogP contribution in [-0.4, -0.2) is 12.9 Å². The number of fused-ring (bicyclic) bond motifs is 5. The molecule has 3 aliphatic rings. The number of ketones is 1. The average Bonchev–Trinajstić information content (AvgIpc) is 2.91. The molecule has 2 fully saturated rings. The fraction of sp³-hybridized carbons (Fsp3) is 0.667. The molecular formula is C21H28O2. The molecule has 0 spiro atoms. The van der Waals surface area contributed by atoms with Gasteiger partial charge in [-0.2, -0.15) is 0 Å². The van der Waals surface area contributed by atoms with Crippen LogP contribution < -0.4 is 4.74 Å². The first-order valence-electron chi connectivity index (χ1n) is 9.22. The van der Waals surface area contributed by atoms with E-state index in [1.54, 1.807) is 12.7 Å². The second-order valence-electron chi connectivity index (χ2n) is 8.27. The highest BCUT2D eigenvalue weighted by molar-refractivity contribution is 5.79. The Balaban J connectivity index is 1.66. The van der Waals surface area contributed by atoms with Gasteiger partial charge in [0.2, 0.25) is 0 Å². The van der Waals surface area contributed by atoms with Crippen LogP contribution in [0.25, 0.3) is 0 Å². The lowest BCUT2D eigenvalue weighted by Crippen LogP contribution is -2.43. The van der Waals surface area contributed by atoms with Gasteiger partial charge in [-0.3, -0.25) is 4.79 Å². The van der Waals surface area contributed by atoms with Crippen molar-refractivity contribution in [3.8, 4) is 5.75 Å². The summed E-state index contributed by atoms with van der Waals surface area (Å²) < 4.78 is 5.40. The molecule has 124 valence electrons. The highest BCUT2D eigenvalue weighted by Gasteiger charge is 2.55. The van der Waals surface area contributed by atoms with Crippen molar-refractivity contribution < 1.29 is 9.53 Å². The quantitative estimate of drug-likeness (QED) is 0.787. The predicted molar refractivity (Wildman–Crippen MR) is 91.8 cm³/mol. The fourth-order valence-electron chi connectivity index (χ4n) is 6.35. The van der Waals surface area contributed by atoms with E-state index in [0.717, 1.165) is 24.0 Å². The molecule has 0 aromatic heterocycles. The lowest BCUT2D eigenvalue weighted by Gasteiger charge is -2.50. The third-order valence-electron chi connectivity index (χ3n) is 7.42. The normalized spacial score (nSPS) is 38.4. The zero-order valence-corrected chi connectivity index (χ0v) is 14.6. The molecular weight excluding hydrogens is 284 g/mol. The van der Waals surface area contributed by atoms with Gasteiger partial charge in [-0.05, 0) is 91.9 Å². The smallest absolute Gasteiger partial charge is 0.133 e. The Morgan fingerprint density at radius 1 is 1.22 bits per heavy atom. The van der Waals surface area contributed by atoms with Crippen LogP contribution in [0.4, 0.5) is 0 Å². The van der Waals surface area contributed by atoms with E-state index in [1.165, 1.54) is 37.7 Å². The molecule has 0 aliphatic heterocycles. The van der Waals surface area contributed by atoms with E-state index in [1.807, 2.05) is 6.92 Å². The van der Waals surface area contributed by atoms with E-state index in [4.69, 9.17) is 4.74 Å². The standard InChI is InChI=1S/C21H28O2/c1-13(22)19-8-9-20-18-6-4-14-12-15(23-3)5-7-16(14)17(18)10-11-21(19,20)2/h5,7,12,17-20H,4,6,8-11H2,1-3H3. The largest absolute Gasteiger partial charge is 0.497 e. The molecule has 0 saturated heterocycles. The highest BCUT2D eigenvalue weighted by atomic mass is 16.5. The van der Waals surface area contributed by atoms with Gasteiger partial charge in [0, 0.05) is 5.92 Å². The number of aryl methyl sites for hydroxylation is 1. The van der Waals surface area contributed by atoms with Gasteiger partial charge in [0.25, 0.3) is 0 Å². The van der Waals surface area contributed by atoms with E-state index in [-0.39, 0.29) is 5.41 Å². The molecule has 2 nitrogen and oxygen atoms in total. The van der Waals surface area contributed by atoms with Crippen LogP contribution in [0, 0.1) is 23.2 Å². The minimum absolute atomic E-state index is 0.261. The first-order chi connectivity index (χ1) is 11.0. The number of hydrogen-bond donors (Lipinski definition) is 0. The summed E-state index contributed by atoms with van der Waals surface area (Å²) >= 11 is 0. The maximum atomic E-state index is 12.1. The van der Waals surface area contributed by atoms with Gasteiger partial charge < -0.3 is 4.74 Å². The number of rotatable bonds is 2. The lowest BCUT2D eigenvalue weighted by atomic mass is 9.54. The zero-order valence-electron chi connectivity index (χ0n) is 14.6. The Hall–Kier alpha value is -1.31. The molecule has 1 aromatic carbocycles. The van der Waals surface area contributed by atoms with Crippen molar-refractivity contribution in [1.29, 1.82) is 0 Å². The Morgan fingerprint density at radius 2 is 2.04 bits per heavy atom. The number of methoxy groups -OCH3 is 1. The number of Topliss-reactive ketones (excluding diaryl/α,β-unsaturated/α-hetero) is 1. The van der Waals surface area contributed by atoms with Crippen LogP contribution in [0.5, 0.6) is 5.75 Å². The first kappa shape index (κ1) is 15.2. The van der Waals surface area contributed by atoms with Crippen LogP contribution in [0.3, 0.4) is 0 Å². The molecule has 0 N–H and O–H groups in total. The monoisotopic (exact) mass is 312 g/mol. The number of carbonyl (C=O) groups excluding carboxylic acids is 1. The molecule has 2 heteroatoms. The third kappa shape index (κ3) is 2.17. The molecule has 1 aromatic rings. The summed E-state index contributed by atoms with van der Waals surface area (Å²) in [7, 11) is 1.75. The first-order valence-corrected chi connectivity index (χ1v) is 9.22. The maximum absolute atomic E-state index is 12.1. The summed E-state index contributed by atoms with van der Waals surface area (Å²) in [6, 6.07) is 6.68. The van der Waals surface area contributed by atoms with Crippen LogP contribution >= 0.6 is 0 Å². The number of benzene rings is 1. The third-order valence-corrected chi connectivity index (χ3v) is 7.42. The van der Waals surface area contributed by atoms with Gasteiger partial charge in [0.15, 0.2) is 0 Å². The molecule has 2 saturated carbocycles. The van der Waals surface area contributed by atoms with Gasteiger partial charge in [-0.1, -0.05) is 13.0 Å². The average molecular weight is 312 g/mol. The van der Waals surface area contributed by atoms with Crippen LogP contribution in [0.1, 0.15) is 63.0 Å². The van der Waals surface area contributed by atoms with Crippen LogP contribution in [-0.2, 0) is 11.2 Å². The van der Waals surface area contributed by atoms with E-state index in [2.05, 4.69) is 25.1 Å². The molecule has 0 radical (unpaired) electrons. The topological polar surface area (TPSA) is 26.3 Å². The van der Waals surface area contributed by atoms with Crippen molar-refractivity contribution in [3.05, 3.63) is 29.3 Å². The van der Waals surface area contributed by atoms with Crippen molar-refractivity contribution in [2.24, 2.45) is 23.2 Å². The maximum Gasteiger partial charge on any atom is 0.133 e. The minimum Gasteiger partial charge on any atom is -0.497 e. The van der Waals surface area contributed by atoms with E-state index >= 15 is 0 Å². The van der Waals surface area contributed by atoms with Crippen molar-refractivity contribution in [3.63, 3.8) is 0 Å². The molecule has 0 heterocycles. The number of carbonyl (C=O) groups is 1. The Kier molecular flexibility index (Phi) is 3.55. The van der Waals surface area contributed by atoms with Crippen molar-refractivity contribution >= 4 is 5.78 Å². The highest BCUT2D eigenvalue weighted by Crippen LogP contribution is 2.63. The summed E-state index contributed by atoms with van der Waals surface area (Å²) in [5.41, 5.74) is 3.32. The van der Waals surface area contributed by atoms with Crippen LogP contribution in [0.15, 0.2) is 18.2 Å².